The largest absolute Gasteiger partial charge is 0.481 e. The normalized spacial score (nSPS) is 32.7. The summed E-state index contributed by atoms with van der Waals surface area (Å²) in [5.74, 6) is -1.87. The molecular formula is C26H43NO6. The fourth-order valence-corrected chi connectivity index (χ4v) is 6.24. The molecule has 2 saturated heterocycles. The summed E-state index contributed by atoms with van der Waals surface area (Å²) in [5.41, 5.74) is 0.490. The molecule has 1 unspecified atom stereocenters. The topological polar surface area (TPSA) is 116 Å². The highest BCUT2D eigenvalue weighted by molar-refractivity contribution is 5.79. The average molecular weight is 466 g/mol. The zero-order valence-electron chi connectivity index (χ0n) is 20.2. The lowest BCUT2D eigenvalue weighted by molar-refractivity contribution is -0.306. The van der Waals surface area contributed by atoms with Crippen molar-refractivity contribution in [2.75, 3.05) is 6.54 Å². The van der Waals surface area contributed by atoms with E-state index in [1.165, 1.54) is 0 Å². The highest BCUT2D eigenvalue weighted by Crippen LogP contribution is 2.58. The first-order valence-corrected chi connectivity index (χ1v) is 13.1. The number of Topliss-reactive ketones (excluding diaryl/α,β-unsaturated/α-hetero) is 1. The van der Waals surface area contributed by atoms with Gasteiger partial charge >= 0.3 is 5.97 Å². The summed E-state index contributed by atoms with van der Waals surface area (Å²) in [6, 6.07) is 0. The Morgan fingerprint density at radius 3 is 2.48 bits per heavy atom. The summed E-state index contributed by atoms with van der Waals surface area (Å²) < 4.78 is 6.20. The van der Waals surface area contributed by atoms with E-state index >= 15 is 0 Å². The van der Waals surface area contributed by atoms with E-state index in [1.807, 2.05) is 6.08 Å². The highest BCUT2D eigenvalue weighted by atomic mass is 16.6. The van der Waals surface area contributed by atoms with Gasteiger partial charge in [0.05, 0.1) is 12.2 Å². The van der Waals surface area contributed by atoms with Crippen LogP contribution in [0, 0.1) is 11.3 Å². The number of hydrogen-bond acceptors (Lipinski definition) is 6. The Morgan fingerprint density at radius 1 is 1.09 bits per heavy atom. The van der Waals surface area contributed by atoms with Gasteiger partial charge in [-0.25, -0.2) is 0 Å². The first-order valence-electron chi connectivity index (χ1n) is 13.1. The van der Waals surface area contributed by atoms with Crippen molar-refractivity contribution in [1.29, 1.82) is 0 Å². The number of carboxylic acids is 1. The van der Waals surface area contributed by atoms with Crippen molar-refractivity contribution in [1.82, 2.24) is 5.32 Å². The number of unbranched alkanes of at least 4 members (excludes halogenated alkanes) is 7. The number of fused-ring (bicyclic) bond motifs is 1. The number of β-amino-alcohol motifs (C(OH)–C–C–N with tert-alkyl or cyclic N) is 1. The van der Waals surface area contributed by atoms with Gasteiger partial charge in [-0.15, -0.1) is 0 Å². The number of aliphatic carboxylic acids is 1. The van der Waals surface area contributed by atoms with E-state index in [4.69, 9.17) is 9.84 Å². The van der Waals surface area contributed by atoms with Gasteiger partial charge in [-0.05, 0) is 25.2 Å². The molecule has 7 heteroatoms. The lowest BCUT2D eigenvalue weighted by Gasteiger charge is -2.55. The first kappa shape index (κ1) is 26.2. The number of carboxylic acid groups (broad SMARTS) is 1. The van der Waals surface area contributed by atoms with Gasteiger partial charge in [0.25, 0.3) is 0 Å². The second-order valence-corrected chi connectivity index (χ2v) is 10.4. The molecule has 2 heterocycles. The van der Waals surface area contributed by atoms with Crippen LogP contribution in [-0.4, -0.2) is 51.6 Å². The second kappa shape index (κ2) is 11.8. The van der Waals surface area contributed by atoms with Gasteiger partial charge in [0.1, 0.15) is 5.78 Å². The van der Waals surface area contributed by atoms with Crippen molar-refractivity contribution >= 4 is 11.8 Å². The minimum Gasteiger partial charge on any atom is -0.481 e. The van der Waals surface area contributed by atoms with Gasteiger partial charge in [-0.1, -0.05) is 57.9 Å². The Kier molecular flexibility index (Phi) is 9.36. The summed E-state index contributed by atoms with van der Waals surface area (Å²) in [4.78, 5) is 23.4. The summed E-state index contributed by atoms with van der Waals surface area (Å²) in [5, 5.41) is 34.2. The summed E-state index contributed by atoms with van der Waals surface area (Å²) >= 11 is 0. The standard InChI is InChI=1S/C26H43NO6/c1-2-3-8-12-20-21(16-19(28)11-9-6-4-5-7-10-13-24(30)31)33-25(32)15-14-22-26(20,18-25)23(29)17-27-22/h14,20-21,23,27,29,32H,2-13,15-18H2,1H3,(H,30,31)/t20-,21+,23+,25-,26?/m1/s1. The lowest BCUT2D eigenvalue weighted by atomic mass is 9.58. The number of rotatable bonds is 15. The molecule has 0 radical (unpaired) electrons. The molecule has 33 heavy (non-hydrogen) atoms. The maximum Gasteiger partial charge on any atom is 0.303 e. The van der Waals surface area contributed by atoms with E-state index in [0.29, 0.717) is 38.6 Å². The number of ether oxygens (including phenoxy) is 1. The minimum atomic E-state index is -1.31. The number of carbonyl (C=O) groups is 2. The molecule has 2 fully saturated rings. The quantitative estimate of drug-likeness (QED) is 0.270. The molecule has 5 atom stereocenters. The summed E-state index contributed by atoms with van der Waals surface area (Å²) in [6.07, 6.45) is 12.4. The summed E-state index contributed by atoms with van der Waals surface area (Å²) in [6.45, 7) is 2.65. The van der Waals surface area contributed by atoms with E-state index in [9.17, 15) is 19.8 Å². The second-order valence-electron chi connectivity index (χ2n) is 10.4. The van der Waals surface area contributed by atoms with Crippen LogP contribution < -0.4 is 5.32 Å². The van der Waals surface area contributed by atoms with E-state index in [-0.39, 0.29) is 24.2 Å². The lowest BCUT2D eigenvalue weighted by Crippen LogP contribution is -2.60. The Morgan fingerprint density at radius 2 is 1.79 bits per heavy atom. The zero-order valence-corrected chi connectivity index (χ0v) is 20.2. The number of hydrogen-bond donors (Lipinski definition) is 4. The molecule has 188 valence electrons. The Hall–Kier alpha value is -1.44. The number of aliphatic hydroxyl groups excluding tert-OH is 1. The third-order valence-electron chi connectivity index (χ3n) is 7.90. The summed E-state index contributed by atoms with van der Waals surface area (Å²) in [7, 11) is 0. The predicted octanol–water partition coefficient (Wildman–Crippen LogP) is 4.06. The van der Waals surface area contributed by atoms with E-state index in [2.05, 4.69) is 12.2 Å². The molecule has 2 bridgehead atoms. The monoisotopic (exact) mass is 465 g/mol. The molecule has 1 aliphatic carbocycles. The number of nitrogens with one attached hydrogen (secondary N) is 1. The van der Waals surface area contributed by atoms with Crippen molar-refractivity contribution in [3.63, 3.8) is 0 Å². The Bertz CT molecular complexity index is 709. The Labute approximate surface area is 198 Å². The fraction of sp³-hybridized carbons (Fsp3) is 0.846. The highest BCUT2D eigenvalue weighted by Gasteiger charge is 2.63. The third kappa shape index (κ3) is 6.37. The molecule has 3 rings (SSSR count). The van der Waals surface area contributed by atoms with Crippen LogP contribution in [0.4, 0.5) is 0 Å². The van der Waals surface area contributed by atoms with Crippen LogP contribution in [0.3, 0.4) is 0 Å². The van der Waals surface area contributed by atoms with Crippen molar-refractivity contribution in [2.24, 2.45) is 11.3 Å². The molecule has 7 nitrogen and oxygen atoms in total. The molecule has 0 aromatic heterocycles. The third-order valence-corrected chi connectivity index (χ3v) is 7.90. The van der Waals surface area contributed by atoms with Gasteiger partial charge in [-0.2, -0.15) is 0 Å². The molecular weight excluding hydrogens is 422 g/mol. The van der Waals surface area contributed by atoms with Crippen LogP contribution in [0.25, 0.3) is 0 Å². The van der Waals surface area contributed by atoms with Crippen LogP contribution in [0.5, 0.6) is 0 Å². The molecule has 4 N–H and O–H groups in total. The maximum atomic E-state index is 12.9. The van der Waals surface area contributed by atoms with E-state index in [0.717, 1.165) is 63.5 Å². The molecule has 0 saturated carbocycles. The SMILES string of the molecule is CCCCC[C@@H]1[C@H](CC(=O)CCCCCCCCC(=O)O)O[C@]2(O)CC=C3NC[C@H](O)C31C2. The van der Waals surface area contributed by atoms with E-state index in [1.54, 1.807) is 0 Å². The van der Waals surface area contributed by atoms with Crippen LogP contribution >= 0.6 is 0 Å². The van der Waals surface area contributed by atoms with Gasteiger partial charge in [0, 0.05) is 49.8 Å². The number of aliphatic hydroxyl groups is 2. The molecule has 2 aliphatic heterocycles. The molecule has 1 spiro atoms. The van der Waals surface area contributed by atoms with Crippen molar-refractivity contribution in [3.8, 4) is 0 Å². The molecule has 0 amide bonds. The van der Waals surface area contributed by atoms with Crippen LogP contribution in [-0.2, 0) is 14.3 Å². The Balaban J connectivity index is 1.55. The van der Waals surface area contributed by atoms with Crippen LogP contribution in [0.15, 0.2) is 11.8 Å². The van der Waals surface area contributed by atoms with Crippen LogP contribution in [0.2, 0.25) is 0 Å². The van der Waals surface area contributed by atoms with Crippen LogP contribution in [0.1, 0.15) is 103 Å². The smallest absolute Gasteiger partial charge is 0.303 e. The number of carbonyl (C=O) groups excluding carboxylic acids is 1. The van der Waals surface area contributed by atoms with Gasteiger partial charge in [-0.3, -0.25) is 9.59 Å². The van der Waals surface area contributed by atoms with E-state index < -0.39 is 23.3 Å². The fourth-order valence-electron chi connectivity index (χ4n) is 6.24. The average Bonchev–Trinajstić information content (AvgIpc) is 3.07. The first-order chi connectivity index (χ1) is 15.8. The minimum absolute atomic E-state index is 0.0130. The molecule has 3 aliphatic rings. The van der Waals surface area contributed by atoms with Crippen molar-refractivity contribution in [3.05, 3.63) is 11.8 Å². The van der Waals surface area contributed by atoms with Gasteiger partial charge < -0.3 is 25.4 Å². The van der Waals surface area contributed by atoms with Crippen molar-refractivity contribution < 1.29 is 29.6 Å². The van der Waals surface area contributed by atoms with Gasteiger partial charge in [0.2, 0.25) is 0 Å². The van der Waals surface area contributed by atoms with Crippen molar-refractivity contribution in [2.45, 2.75) is 121 Å². The zero-order chi connectivity index (χ0) is 23.9. The molecule has 0 aromatic rings. The number of ketones is 1. The predicted molar refractivity (Wildman–Crippen MR) is 125 cm³/mol. The van der Waals surface area contributed by atoms with Gasteiger partial charge in [0.15, 0.2) is 5.79 Å². The molecule has 0 aromatic carbocycles. The maximum absolute atomic E-state index is 12.9.